The molecule has 1 fully saturated rings. The molecule has 6 nitrogen and oxygen atoms in total. The molecule has 1 N–H and O–H groups in total. The number of carbonyl (C=O) groups excluding carboxylic acids is 1. The molecular weight excluding hydrogens is 402 g/mol. The van der Waals surface area contributed by atoms with Gasteiger partial charge in [-0.05, 0) is 48.4 Å². The van der Waals surface area contributed by atoms with Crippen molar-refractivity contribution in [3.05, 3.63) is 40.6 Å². The maximum atomic E-state index is 13.0. The number of hydrogen-bond acceptors (Lipinski definition) is 6. The van der Waals surface area contributed by atoms with E-state index in [1.807, 2.05) is 11.4 Å². The molecule has 9 heteroatoms. The molecule has 0 radical (unpaired) electrons. The number of nitrogens with zero attached hydrogens (tertiary/aromatic N) is 2. The van der Waals surface area contributed by atoms with Crippen LogP contribution in [0.2, 0.25) is 0 Å². The number of thiophene rings is 1. The Morgan fingerprint density at radius 2 is 2.19 bits per heavy atom. The van der Waals surface area contributed by atoms with Gasteiger partial charge in [-0.25, -0.2) is 13.4 Å². The third kappa shape index (κ3) is 3.77. The van der Waals surface area contributed by atoms with Crippen LogP contribution in [-0.4, -0.2) is 36.7 Å². The van der Waals surface area contributed by atoms with E-state index in [1.54, 1.807) is 28.6 Å². The Bertz CT molecular complexity index is 1070. The predicted molar refractivity (Wildman–Crippen MR) is 109 cm³/mol. The van der Waals surface area contributed by atoms with Crippen LogP contribution in [0.15, 0.2) is 40.6 Å². The summed E-state index contributed by atoms with van der Waals surface area (Å²) in [6.45, 7) is 3.21. The molecule has 1 amide bonds. The first-order chi connectivity index (χ1) is 12.9. The molecule has 1 atom stereocenters. The van der Waals surface area contributed by atoms with E-state index in [1.165, 1.54) is 22.7 Å². The molecule has 27 heavy (non-hydrogen) atoms. The molecule has 0 saturated carbocycles. The Labute approximate surface area is 165 Å². The molecule has 0 bridgehead atoms. The van der Waals surface area contributed by atoms with E-state index in [0.29, 0.717) is 34.5 Å². The topological polar surface area (TPSA) is 79.4 Å². The van der Waals surface area contributed by atoms with Crippen LogP contribution in [0.4, 0.5) is 5.13 Å². The lowest BCUT2D eigenvalue weighted by Gasteiger charge is -2.30. The quantitative estimate of drug-likeness (QED) is 0.690. The zero-order chi connectivity index (χ0) is 19.0. The molecule has 142 valence electrons. The van der Waals surface area contributed by atoms with Gasteiger partial charge in [-0.15, -0.1) is 11.3 Å². The van der Waals surface area contributed by atoms with E-state index < -0.39 is 10.0 Å². The molecule has 1 aliphatic rings. The highest BCUT2D eigenvalue weighted by Gasteiger charge is 2.29. The minimum absolute atomic E-state index is 0.209. The van der Waals surface area contributed by atoms with Crippen LogP contribution in [0.25, 0.3) is 10.2 Å². The van der Waals surface area contributed by atoms with Crippen LogP contribution in [0.1, 0.15) is 29.4 Å². The van der Waals surface area contributed by atoms with Crippen molar-refractivity contribution in [2.24, 2.45) is 5.92 Å². The van der Waals surface area contributed by atoms with Crippen molar-refractivity contribution in [1.82, 2.24) is 9.29 Å². The molecule has 1 unspecified atom stereocenters. The molecule has 1 aliphatic heterocycles. The highest BCUT2D eigenvalue weighted by atomic mass is 32.2. The number of amides is 1. The first-order valence-electron chi connectivity index (χ1n) is 8.69. The van der Waals surface area contributed by atoms with E-state index in [4.69, 9.17) is 0 Å². The largest absolute Gasteiger partial charge is 0.297 e. The van der Waals surface area contributed by atoms with Crippen molar-refractivity contribution in [2.45, 2.75) is 24.7 Å². The van der Waals surface area contributed by atoms with Gasteiger partial charge in [0, 0.05) is 13.1 Å². The normalized spacial score (nSPS) is 18.6. The zero-order valence-corrected chi connectivity index (χ0v) is 17.2. The van der Waals surface area contributed by atoms with Crippen LogP contribution >= 0.6 is 22.7 Å². The van der Waals surface area contributed by atoms with Crippen LogP contribution in [-0.2, 0) is 10.0 Å². The maximum absolute atomic E-state index is 13.0. The first kappa shape index (κ1) is 18.5. The van der Waals surface area contributed by atoms with Crippen LogP contribution in [0, 0.1) is 5.92 Å². The van der Waals surface area contributed by atoms with Gasteiger partial charge >= 0.3 is 0 Å². The number of thiazole rings is 1. The lowest BCUT2D eigenvalue weighted by molar-refractivity contribution is 0.103. The summed E-state index contributed by atoms with van der Waals surface area (Å²) in [5, 5.41) is 5.08. The van der Waals surface area contributed by atoms with Crippen LogP contribution < -0.4 is 5.32 Å². The Morgan fingerprint density at radius 1 is 1.33 bits per heavy atom. The molecule has 4 rings (SSSR count). The minimum atomic E-state index is -3.51. The van der Waals surface area contributed by atoms with Crippen molar-refractivity contribution in [2.75, 3.05) is 18.4 Å². The van der Waals surface area contributed by atoms with Crippen molar-refractivity contribution < 1.29 is 13.2 Å². The Kier molecular flexibility index (Phi) is 5.02. The fraction of sp³-hybridized carbons (Fsp3) is 0.333. The highest BCUT2D eigenvalue weighted by Crippen LogP contribution is 2.31. The van der Waals surface area contributed by atoms with Gasteiger partial charge in [-0.3, -0.25) is 10.1 Å². The van der Waals surface area contributed by atoms with Gasteiger partial charge in [-0.1, -0.05) is 24.3 Å². The van der Waals surface area contributed by atoms with E-state index >= 15 is 0 Å². The molecule has 3 heterocycles. The second kappa shape index (κ2) is 7.31. The Morgan fingerprint density at radius 3 is 2.93 bits per heavy atom. The summed E-state index contributed by atoms with van der Waals surface area (Å²) in [5.41, 5.74) is 0.674. The van der Waals surface area contributed by atoms with E-state index in [-0.39, 0.29) is 10.8 Å². The SMILES string of the molecule is CC1CCCN(S(=O)(=O)c2ccc3nc(NC(=O)c4cccs4)sc3c2)C1. The fourth-order valence-corrected chi connectivity index (χ4v) is 6.42. The zero-order valence-electron chi connectivity index (χ0n) is 14.7. The molecule has 0 aliphatic carbocycles. The summed E-state index contributed by atoms with van der Waals surface area (Å²) in [6.07, 6.45) is 1.95. The van der Waals surface area contributed by atoms with Crippen LogP contribution in [0.3, 0.4) is 0 Å². The number of rotatable bonds is 4. The lowest BCUT2D eigenvalue weighted by Crippen LogP contribution is -2.39. The number of fused-ring (bicyclic) bond motifs is 1. The van der Waals surface area contributed by atoms with Gasteiger partial charge in [0.15, 0.2) is 5.13 Å². The summed E-state index contributed by atoms with van der Waals surface area (Å²) < 4.78 is 28.2. The van der Waals surface area contributed by atoms with Crippen molar-refractivity contribution in [1.29, 1.82) is 0 Å². The van der Waals surface area contributed by atoms with Gasteiger partial charge < -0.3 is 0 Å². The number of carbonyl (C=O) groups is 1. The second-order valence-electron chi connectivity index (χ2n) is 6.69. The molecule has 1 aromatic carbocycles. The number of aromatic nitrogens is 1. The summed E-state index contributed by atoms with van der Waals surface area (Å²) in [5.74, 6) is 0.166. The molecular formula is C18H19N3O3S3. The average molecular weight is 422 g/mol. The summed E-state index contributed by atoms with van der Waals surface area (Å²) in [6, 6.07) is 8.52. The number of benzene rings is 1. The number of piperidine rings is 1. The molecule has 3 aromatic rings. The number of hydrogen-bond donors (Lipinski definition) is 1. The van der Waals surface area contributed by atoms with E-state index in [0.717, 1.165) is 17.5 Å². The summed E-state index contributed by atoms with van der Waals surface area (Å²) in [7, 11) is -3.51. The number of anilines is 1. The minimum Gasteiger partial charge on any atom is -0.297 e. The van der Waals surface area contributed by atoms with Crippen LogP contribution in [0.5, 0.6) is 0 Å². The predicted octanol–water partition coefficient (Wildman–Crippen LogP) is 4.03. The van der Waals surface area contributed by atoms with Gasteiger partial charge in [0.2, 0.25) is 10.0 Å². The summed E-state index contributed by atoms with van der Waals surface area (Å²) in [4.78, 5) is 17.5. The lowest BCUT2D eigenvalue weighted by atomic mass is 10.0. The van der Waals surface area contributed by atoms with Crippen molar-refractivity contribution >= 4 is 54.0 Å². The third-order valence-corrected chi connectivity index (χ3v) is 8.25. The third-order valence-electron chi connectivity index (χ3n) is 4.58. The highest BCUT2D eigenvalue weighted by molar-refractivity contribution is 7.89. The Hall–Kier alpha value is -1.81. The molecule has 0 spiro atoms. The van der Waals surface area contributed by atoms with E-state index in [2.05, 4.69) is 17.2 Å². The molecule has 2 aromatic heterocycles. The smallest absolute Gasteiger partial charge is 0.267 e. The average Bonchev–Trinajstić information content (AvgIpc) is 3.30. The monoisotopic (exact) mass is 421 g/mol. The second-order valence-corrected chi connectivity index (χ2v) is 10.6. The fourth-order valence-electron chi connectivity index (χ4n) is 3.20. The van der Waals surface area contributed by atoms with E-state index in [9.17, 15) is 13.2 Å². The van der Waals surface area contributed by atoms with Crippen molar-refractivity contribution in [3.63, 3.8) is 0 Å². The van der Waals surface area contributed by atoms with Gasteiger partial charge in [0.25, 0.3) is 5.91 Å². The van der Waals surface area contributed by atoms with Gasteiger partial charge in [0.05, 0.1) is 20.0 Å². The number of nitrogens with one attached hydrogen (secondary N) is 1. The first-order valence-corrected chi connectivity index (χ1v) is 11.8. The maximum Gasteiger partial charge on any atom is 0.267 e. The van der Waals surface area contributed by atoms with Gasteiger partial charge in [0.1, 0.15) is 0 Å². The number of sulfonamides is 1. The van der Waals surface area contributed by atoms with Gasteiger partial charge in [-0.2, -0.15) is 4.31 Å². The summed E-state index contributed by atoms with van der Waals surface area (Å²) >= 11 is 2.64. The van der Waals surface area contributed by atoms with Crippen molar-refractivity contribution in [3.8, 4) is 0 Å². The Balaban J connectivity index is 1.60. The molecule has 1 saturated heterocycles. The standard InChI is InChI=1S/C18H19N3O3S3/c1-12-4-2-8-21(11-12)27(23,24)13-6-7-14-16(10-13)26-18(19-14)20-17(22)15-5-3-9-25-15/h3,5-7,9-10,12H,2,4,8,11H2,1H3,(H,19,20,22).